The van der Waals surface area contributed by atoms with Crippen LogP contribution in [0.1, 0.15) is 68.2 Å². The van der Waals surface area contributed by atoms with Crippen molar-refractivity contribution in [1.29, 1.82) is 0 Å². The van der Waals surface area contributed by atoms with Gasteiger partial charge in [0.15, 0.2) is 28.3 Å². The van der Waals surface area contributed by atoms with Gasteiger partial charge < -0.3 is 23.4 Å². The van der Waals surface area contributed by atoms with E-state index in [0.717, 1.165) is 12.0 Å². The van der Waals surface area contributed by atoms with Gasteiger partial charge in [-0.05, 0) is 80.4 Å². The molecule has 4 aliphatic carbocycles. The number of fused-ring (bicyclic) bond motifs is 4. The highest BCUT2D eigenvalue weighted by atomic mass is 28.4. The van der Waals surface area contributed by atoms with Crippen molar-refractivity contribution in [2.45, 2.75) is 135 Å². The molecule has 0 amide bonds. The van der Waals surface area contributed by atoms with Gasteiger partial charge in [0.1, 0.15) is 0 Å². The van der Waals surface area contributed by atoms with Crippen LogP contribution < -0.4 is 0 Å². The lowest BCUT2D eigenvalue weighted by atomic mass is 9.62. The van der Waals surface area contributed by atoms with Crippen LogP contribution in [0.3, 0.4) is 0 Å². The van der Waals surface area contributed by atoms with Gasteiger partial charge in [-0.15, -0.1) is 0 Å². The molecule has 1 heterocycles. The fourth-order valence-electron chi connectivity index (χ4n) is 8.78. The molecule has 3 saturated carbocycles. The zero-order chi connectivity index (χ0) is 28.6. The molecule has 216 valence electrons. The molecule has 8 heteroatoms. The third kappa shape index (κ3) is 3.90. The third-order valence-electron chi connectivity index (χ3n) is 11.3. The standard InChI is InChI=1S/C30H52O6Si2/c1-17-14-19-21(27(19,6)7)22-23(35-38(12,13)26(3,4)5)18(2)24-29(34-25(31)33-24)16-28(8,32)15-20(29)30(17,22)36-37(9,10)11/h15,17-19,21-24,32H,14,16H2,1-13H3/t17-,18+,19?,21+,22?,23-,24-,28-,29+,30+/m1/s1. The van der Waals surface area contributed by atoms with Crippen LogP contribution in [0, 0.1) is 35.0 Å². The lowest BCUT2D eigenvalue weighted by Crippen LogP contribution is -2.62. The first-order valence-electron chi connectivity index (χ1n) is 14.7. The normalized spacial score (nSPS) is 47.6. The van der Waals surface area contributed by atoms with Crippen LogP contribution in [0.5, 0.6) is 0 Å². The Morgan fingerprint density at radius 3 is 2.21 bits per heavy atom. The Hall–Kier alpha value is -0.676. The fourth-order valence-corrected chi connectivity index (χ4v) is 11.6. The highest BCUT2D eigenvalue weighted by Crippen LogP contribution is 2.76. The Morgan fingerprint density at radius 1 is 1.05 bits per heavy atom. The first kappa shape index (κ1) is 28.8. The molecule has 0 aromatic carbocycles. The minimum atomic E-state index is -2.23. The number of carbonyl (C=O) groups is 1. The van der Waals surface area contributed by atoms with E-state index in [0.29, 0.717) is 11.8 Å². The maximum Gasteiger partial charge on any atom is 0.509 e. The predicted octanol–water partition coefficient (Wildman–Crippen LogP) is 6.90. The molecule has 4 fully saturated rings. The van der Waals surface area contributed by atoms with Crippen molar-refractivity contribution in [2.75, 3.05) is 0 Å². The van der Waals surface area contributed by atoms with Gasteiger partial charge in [-0.1, -0.05) is 48.5 Å². The zero-order valence-electron chi connectivity index (χ0n) is 26.0. The highest BCUT2D eigenvalue weighted by molar-refractivity contribution is 6.74. The van der Waals surface area contributed by atoms with E-state index in [1.54, 1.807) is 0 Å². The predicted molar refractivity (Wildman–Crippen MR) is 154 cm³/mol. The number of carbonyl (C=O) groups excluding carboxylic acids is 1. The third-order valence-corrected chi connectivity index (χ3v) is 16.7. The van der Waals surface area contributed by atoms with Gasteiger partial charge in [-0.25, -0.2) is 4.79 Å². The lowest BCUT2D eigenvalue weighted by Gasteiger charge is -2.56. The molecule has 1 spiro atoms. The molecule has 1 N–H and O–H groups in total. The molecule has 10 atom stereocenters. The van der Waals surface area contributed by atoms with Crippen molar-refractivity contribution < 1.29 is 28.2 Å². The second-order valence-electron chi connectivity index (χ2n) is 16.7. The quantitative estimate of drug-likeness (QED) is 0.227. The first-order valence-corrected chi connectivity index (χ1v) is 21.1. The number of ether oxygens (including phenoxy) is 2. The van der Waals surface area contributed by atoms with E-state index in [2.05, 4.69) is 81.2 Å². The van der Waals surface area contributed by atoms with E-state index in [-0.39, 0.29) is 40.7 Å². The Morgan fingerprint density at radius 2 is 1.66 bits per heavy atom. The van der Waals surface area contributed by atoms with E-state index in [1.807, 2.05) is 13.0 Å². The number of aliphatic hydroxyl groups is 1. The van der Waals surface area contributed by atoms with E-state index in [9.17, 15) is 9.90 Å². The average molecular weight is 565 g/mol. The maximum absolute atomic E-state index is 13.0. The van der Waals surface area contributed by atoms with Gasteiger partial charge in [-0.3, -0.25) is 0 Å². The van der Waals surface area contributed by atoms with Gasteiger partial charge in [0.25, 0.3) is 0 Å². The first-order chi connectivity index (χ1) is 17.0. The summed E-state index contributed by atoms with van der Waals surface area (Å²) in [6.07, 6.45) is 1.99. The summed E-state index contributed by atoms with van der Waals surface area (Å²) in [6, 6.07) is 0. The molecule has 5 rings (SSSR count). The Balaban J connectivity index is 1.82. The molecular weight excluding hydrogens is 512 g/mol. The summed E-state index contributed by atoms with van der Waals surface area (Å²) in [5.74, 6) is 1.15. The zero-order valence-corrected chi connectivity index (χ0v) is 28.0. The SMILES string of the molecule is C[C@@H]1[C@H]2OC(=O)O[C@]23C[C@](C)(O)C=C3[C@]2(O[Si](C)(C)C)C([C@@H]3C(C[C@H]2C)C3(C)C)[C@@H]1O[Si](C)(C)C(C)(C)C. The number of hydrogen-bond acceptors (Lipinski definition) is 6. The van der Waals surface area contributed by atoms with Crippen LogP contribution in [-0.4, -0.2) is 56.9 Å². The minimum Gasteiger partial charge on any atom is -0.426 e. The molecule has 2 unspecified atom stereocenters. The molecule has 1 aliphatic heterocycles. The maximum atomic E-state index is 13.0. The summed E-state index contributed by atoms with van der Waals surface area (Å²) in [7, 11) is -4.38. The van der Waals surface area contributed by atoms with Gasteiger partial charge >= 0.3 is 6.16 Å². The summed E-state index contributed by atoms with van der Waals surface area (Å²) >= 11 is 0. The van der Waals surface area contributed by atoms with Crippen molar-refractivity contribution in [3.63, 3.8) is 0 Å². The smallest absolute Gasteiger partial charge is 0.426 e. The molecular formula is C30H52O6Si2. The van der Waals surface area contributed by atoms with Crippen molar-refractivity contribution in [1.82, 2.24) is 0 Å². The monoisotopic (exact) mass is 564 g/mol. The van der Waals surface area contributed by atoms with Crippen LogP contribution in [0.15, 0.2) is 11.6 Å². The van der Waals surface area contributed by atoms with Gasteiger partial charge in [0.05, 0.1) is 17.3 Å². The van der Waals surface area contributed by atoms with Crippen LogP contribution in [-0.2, 0) is 18.3 Å². The van der Waals surface area contributed by atoms with Crippen LogP contribution in [0.4, 0.5) is 4.79 Å². The summed E-state index contributed by atoms with van der Waals surface area (Å²) in [4.78, 5) is 13.0. The fraction of sp³-hybridized carbons (Fsp3) is 0.900. The van der Waals surface area contributed by atoms with E-state index in [4.69, 9.17) is 18.3 Å². The molecule has 6 nitrogen and oxygen atoms in total. The molecule has 0 bridgehead atoms. The van der Waals surface area contributed by atoms with Crippen molar-refractivity contribution in [3.8, 4) is 0 Å². The van der Waals surface area contributed by atoms with Crippen molar-refractivity contribution in [3.05, 3.63) is 11.6 Å². The van der Waals surface area contributed by atoms with Crippen LogP contribution >= 0.6 is 0 Å². The van der Waals surface area contributed by atoms with E-state index < -0.39 is 45.7 Å². The molecule has 5 aliphatic rings. The summed E-state index contributed by atoms with van der Waals surface area (Å²) < 4.78 is 27.3. The van der Waals surface area contributed by atoms with Gasteiger partial charge in [0.2, 0.25) is 0 Å². The Labute approximate surface area is 232 Å². The van der Waals surface area contributed by atoms with E-state index in [1.165, 1.54) is 0 Å². The summed E-state index contributed by atoms with van der Waals surface area (Å²) in [5.41, 5.74) is -1.76. The van der Waals surface area contributed by atoms with Crippen LogP contribution in [0.2, 0.25) is 37.8 Å². The van der Waals surface area contributed by atoms with Crippen molar-refractivity contribution >= 4 is 22.8 Å². The molecule has 0 radical (unpaired) electrons. The molecule has 1 saturated heterocycles. The largest absolute Gasteiger partial charge is 0.509 e. The average Bonchev–Trinajstić information content (AvgIpc) is 2.98. The number of rotatable bonds is 4. The highest BCUT2D eigenvalue weighted by Gasteiger charge is 2.79. The van der Waals surface area contributed by atoms with Crippen LogP contribution in [0.25, 0.3) is 0 Å². The Kier molecular flexibility index (Phi) is 6.06. The summed E-state index contributed by atoms with van der Waals surface area (Å²) in [6.45, 7) is 29.4. The number of hydrogen-bond donors (Lipinski definition) is 1. The van der Waals surface area contributed by atoms with E-state index >= 15 is 0 Å². The second-order valence-corrected chi connectivity index (χ2v) is 25.9. The van der Waals surface area contributed by atoms with Crippen molar-refractivity contribution in [2.24, 2.45) is 35.0 Å². The van der Waals surface area contributed by atoms with Gasteiger partial charge in [0, 0.05) is 23.8 Å². The molecule has 0 aromatic heterocycles. The minimum absolute atomic E-state index is 0.0272. The molecule has 38 heavy (non-hydrogen) atoms. The summed E-state index contributed by atoms with van der Waals surface area (Å²) in [5, 5.41) is 11.6. The molecule has 0 aromatic rings. The Bertz CT molecular complexity index is 1050. The van der Waals surface area contributed by atoms with Gasteiger partial charge in [-0.2, -0.15) is 0 Å². The lowest BCUT2D eigenvalue weighted by molar-refractivity contribution is -0.107. The topological polar surface area (TPSA) is 74.2 Å². The second kappa shape index (κ2) is 7.99.